The van der Waals surface area contributed by atoms with Crippen LogP contribution in [-0.4, -0.2) is 41.6 Å². The molecule has 4 N–H and O–H groups in total. The van der Waals surface area contributed by atoms with Gasteiger partial charge in [-0.05, 0) is 67.3 Å². The quantitative estimate of drug-likeness (QED) is 0.613. The number of hydrazine groups is 1. The molecule has 1 saturated carbocycles. The van der Waals surface area contributed by atoms with Crippen LogP contribution in [0.1, 0.15) is 56.2 Å². The Morgan fingerprint density at radius 2 is 2.00 bits per heavy atom. The molecule has 0 bridgehead atoms. The summed E-state index contributed by atoms with van der Waals surface area (Å²) < 4.78 is 0. The standard InChI is InChI=1S/C23H33N5/c1-23(8-3-9-23)16-28-10-6-17(7-11-28)22-13-20-12-18(21(24)15-27(2)25)4-5-19(20)14-26-22/h4-5,12-15,17H,3,6-11,16,24-25H2,1-2H3/b21-15-. The Labute approximate surface area is 168 Å². The second kappa shape index (κ2) is 7.72. The van der Waals surface area contributed by atoms with E-state index in [4.69, 9.17) is 16.6 Å². The Morgan fingerprint density at radius 1 is 1.25 bits per heavy atom. The molecule has 5 nitrogen and oxygen atoms in total. The lowest BCUT2D eigenvalue weighted by molar-refractivity contribution is 0.0704. The van der Waals surface area contributed by atoms with E-state index < -0.39 is 0 Å². The summed E-state index contributed by atoms with van der Waals surface area (Å²) in [6.45, 7) is 6.11. The molecule has 2 heterocycles. The zero-order chi connectivity index (χ0) is 19.7. The highest BCUT2D eigenvalue weighted by Gasteiger charge is 2.34. The molecule has 1 aliphatic heterocycles. The van der Waals surface area contributed by atoms with Crippen LogP contribution in [0.25, 0.3) is 16.5 Å². The van der Waals surface area contributed by atoms with E-state index in [0.29, 0.717) is 17.0 Å². The molecule has 2 aliphatic rings. The number of piperidine rings is 1. The van der Waals surface area contributed by atoms with Crippen LogP contribution >= 0.6 is 0 Å². The zero-order valence-corrected chi connectivity index (χ0v) is 17.2. The number of nitrogens with two attached hydrogens (primary N) is 2. The Balaban J connectivity index is 1.47. The van der Waals surface area contributed by atoms with Crippen LogP contribution in [0.2, 0.25) is 0 Å². The first kappa shape index (κ1) is 19.2. The number of fused-ring (bicyclic) bond motifs is 1. The SMILES string of the molecule is CN(N)/C=C(\N)c1ccc2cnc(C3CCN(CC4(C)CCC4)CC3)cc2c1. The molecule has 0 atom stereocenters. The summed E-state index contributed by atoms with van der Waals surface area (Å²) >= 11 is 0. The van der Waals surface area contributed by atoms with E-state index in [1.807, 2.05) is 12.3 Å². The Kier molecular flexibility index (Phi) is 5.30. The average Bonchev–Trinajstić information content (AvgIpc) is 2.66. The largest absolute Gasteiger partial charge is 0.397 e. The lowest BCUT2D eigenvalue weighted by atomic mass is 9.70. The van der Waals surface area contributed by atoms with Crippen LogP contribution in [0.3, 0.4) is 0 Å². The highest BCUT2D eigenvalue weighted by Crippen LogP contribution is 2.41. The van der Waals surface area contributed by atoms with Gasteiger partial charge >= 0.3 is 0 Å². The van der Waals surface area contributed by atoms with Gasteiger partial charge in [-0.25, -0.2) is 5.84 Å². The van der Waals surface area contributed by atoms with Crippen LogP contribution in [0.15, 0.2) is 36.7 Å². The van der Waals surface area contributed by atoms with E-state index in [1.54, 1.807) is 13.2 Å². The van der Waals surface area contributed by atoms with Crippen molar-refractivity contribution in [3.63, 3.8) is 0 Å². The van der Waals surface area contributed by atoms with Gasteiger partial charge < -0.3 is 15.6 Å². The van der Waals surface area contributed by atoms with Crippen molar-refractivity contribution in [2.45, 2.75) is 44.9 Å². The molecule has 5 heteroatoms. The van der Waals surface area contributed by atoms with E-state index >= 15 is 0 Å². The molecule has 0 spiro atoms. The molecular weight excluding hydrogens is 346 g/mol. The van der Waals surface area contributed by atoms with Crippen LogP contribution in [0.5, 0.6) is 0 Å². The molecule has 1 aromatic heterocycles. The molecule has 2 aromatic rings. The van der Waals surface area contributed by atoms with Gasteiger partial charge in [0, 0.05) is 43.0 Å². The fourth-order valence-corrected chi connectivity index (χ4v) is 4.72. The van der Waals surface area contributed by atoms with Gasteiger partial charge in [0.1, 0.15) is 0 Å². The first-order valence-electron chi connectivity index (χ1n) is 10.5. The third kappa shape index (κ3) is 4.15. The van der Waals surface area contributed by atoms with E-state index in [-0.39, 0.29) is 0 Å². The molecule has 4 rings (SSSR count). The van der Waals surface area contributed by atoms with Crippen molar-refractivity contribution in [1.82, 2.24) is 14.9 Å². The normalized spacial score (nSPS) is 20.9. The summed E-state index contributed by atoms with van der Waals surface area (Å²) in [5, 5.41) is 3.83. The summed E-state index contributed by atoms with van der Waals surface area (Å²) in [7, 11) is 1.77. The van der Waals surface area contributed by atoms with Crippen molar-refractivity contribution in [3.8, 4) is 0 Å². The predicted molar refractivity (Wildman–Crippen MR) is 116 cm³/mol. The second-order valence-electron chi connectivity index (χ2n) is 9.14. The first-order valence-corrected chi connectivity index (χ1v) is 10.5. The molecule has 1 saturated heterocycles. The van der Waals surface area contributed by atoms with Crippen molar-refractivity contribution in [1.29, 1.82) is 0 Å². The Morgan fingerprint density at radius 3 is 2.64 bits per heavy atom. The number of rotatable bonds is 5. The summed E-state index contributed by atoms with van der Waals surface area (Å²) in [4.78, 5) is 7.46. The minimum absolute atomic E-state index is 0.557. The number of benzene rings is 1. The topological polar surface area (TPSA) is 71.4 Å². The smallest absolute Gasteiger partial charge is 0.0564 e. The number of likely N-dealkylation sites (tertiary alicyclic amines) is 1. The molecule has 1 aliphatic carbocycles. The van der Waals surface area contributed by atoms with Crippen molar-refractivity contribution in [2.75, 3.05) is 26.7 Å². The van der Waals surface area contributed by atoms with E-state index in [9.17, 15) is 0 Å². The lowest BCUT2D eigenvalue weighted by Gasteiger charge is -2.44. The van der Waals surface area contributed by atoms with Gasteiger partial charge in [0.2, 0.25) is 0 Å². The number of hydrogen-bond acceptors (Lipinski definition) is 5. The molecule has 1 aromatic carbocycles. The third-order valence-electron chi connectivity index (χ3n) is 6.59. The van der Waals surface area contributed by atoms with E-state index in [1.165, 1.54) is 67.8 Å². The minimum atomic E-state index is 0.557. The van der Waals surface area contributed by atoms with Gasteiger partial charge in [0.05, 0.1) is 5.70 Å². The van der Waals surface area contributed by atoms with Crippen LogP contribution < -0.4 is 11.6 Å². The van der Waals surface area contributed by atoms with Crippen LogP contribution in [0.4, 0.5) is 0 Å². The monoisotopic (exact) mass is 379 g/mol. The van der Waals surface area contributed by atoms with Crippen molar-refractivity contribution in [2.24, 2.45) is 17.0 Å². The molecular formula is C23H33N5. The summed E-state index contributed by atoms with van der Waals surface area (Å²) in [5.41, 5.74) is 9.63. The van der Waals surface area contributed by atoms with Gasteiger partial charge in [-0.1, -0.05) is 25.5 Å². The highest BCUT2D eigenvalue weighted by atomic mass is 15.4. The third-order valence-corrected chi connectivity index (χ3v) is 6.59. The fraction of sp³-hybridized carbons (Fsp3) is 0.522. The van der Waals surface area contributed by atoms with E-state index in [0.717, 1.165) is 10.9 Å². The average molecular weight is 380 g/mol. The van der Waals surface area contributed by atoms with Crippen LogP contribution in [0, 0.1) is 5.41 Å². The summed E-state index contributed by atoms with van der Waals surface area (Å²) in [6, 6.07) is 8.51. The Bertz CT molecular complexity index is 860. The molecule has 28 heavy (non-hydrogen) atoms. The number of hydrogen-bond donors (Lipinski definition) is 2. The van der Waals surface area contributed by atoms with Gasteiger partial charge in [0.15, 0.2) is 0 Å². The lowest BCUT2D eigenvalue weighted by Crippen LogP contribution is -2.43. The minimum Gasteiger partial charge on any atom is -0.397 e. The number of aromatic nitrogens is 1. The number of nitrogens with zero attached hydrogens (tertiary/aromatic N) is 3. The summed E-state index contributed by atoms with van der Waals surface area (Å²) in [5.74, 6) is 6.25. The van der Waals surface area contributed by atoms with Gasteiger partial charge in [-0.15, -0.1) is 0 Å². The van der Waals surface area contributed by atoms with Crippen molar-refractivity contribution in [3.05, 3.63) is 47.9 Å². The predicted octanol–water partition coefficient (Wildman–Crippen LogP) is 3.67. The highest BCUT2D eigenvalue weighted by molar-refractivity contribution is 5.85. The molecule has 0 radical (unpaired) electrons. The zero-order valence-electron chi connectivity index (χ0n) is 17.2. The summed E-state index contributed by atoms with van der Waals surface area (Å²) in [6.07, 6.45) is 10.4. The van der Waals surface area contributed by atoms with E-state index in [2.05, 4.69) is 30.0 Å². The van der Waals surface area contributed by atoms with Gasteiger partial charge in [-0.3, -0.25) is 4.98 Å². The second-order valence-corrected chi connectivity index (χ2v) is 9.14. The fourth-order valence-electron chi connectivity index (χ4n) is 4.72. The molecule has 2 fully saturated rings. The van der Waals surface area contributed by atoms with Crippen molar-refractivity contribution < 1.29 is 0 Å². The Hall–Kier alpha value is -2.11. The van der Waals surface area contributed by atoms with Crippen LogP contribution in [-0.2, 0) is 0 Å². The van der Waals surface area contributed by atoms with Gasteiger partial charge in [-0.2, -0.15) is 0 Å². The number of pyridine rings is 1. The first-order chi connectivity index (χ1) is 13.4. The maximum absolute atomic E-state index is 6.17. The van der Waals surface area contributed by atoms with Crippen molar-refractivity contribution >= 4 is 16.5 Å². The molecule has 0 amide bonds. The maximum Gasteiger partial charge on any atom is 0.0564 e. The molecule has 0 unspecified atom stereocenters. The molecule has 150 valence electrons. The van der Waals surface area contributed by atoms with Gasteiger partial charge in [0.25, 0.3) is 0 Å². The maximum atomic E-state index is 6.17.